The molecule has 0 bridgehead atoms. The van der Waals surface area contributed by atoms with Gasteiger partial charge >= 0.3 is 0 Å². The fourth-order valence-electron chi connectivity index (χ4n) is 3.02. The van der Waals surface area contributed by atoms with Crippen LogP contribution in [0.5, 0.6) is 0 Å². The number of sulfonamides is 1. The minimum Gasteiger partial charge on any atom is -0.207 e. The molecule has 0 amide bonds. The monoisotopic (exact) mass is 299 g/mol. The van der Waals surface area contributed by atoms with Crippen molar-refractivity contribution in [2.45, 2.75) is 63.4 Å². The van der Waals surface area contributed by atoms with E-state index < -0.39 is 15.8 Å². The van der Waals surface area contributed by atoms with Gasteiger partial charge in [0.1, 0.15) is 5.82 Å². The zero-order valence-electron chi connectivity index (χ0n) is 12.3. The van der Waals surface area contributed by atoms with Gasteiger partial charge in [-0.05, 0) is 51.3 Å². The van der Waals surface area contributed by atoms with Gasteiger partial charge in [-0.25, -0.2) is 12.8 Å². The van der Waals surface area contributed by atoms with E-state index in [1.165, 1.54) is 12.1 Å². The highest BCUT2D eigenvalue weighted by Gasteiger charge is 2.36. The number of aryl methyl sites for hydroxylation is 1. The third-order valence-corrected chi connectivity index (χ3v) is 6.17. The van der Waals surface area contributed by atoms with Crippen LogP contribution in [0, 0.1) is 12.7 Å². The molecular formula is C15H22FNO2S. The van der Waals surface area contributed by atoms with E-state index in [1.807, 2.05) is 13.8 Å². The van der Waals surface area contributed by atoms with Gasteiger partial charge in [-0.15, -0.1) is 0 Å². The number of benzene rings is 1. The lowest BCUT2D eigenvalue weighted by atomic mass is 10.2. The first-order valence-corrected chi connectivity index (χ1v) is 8.57. The highest BCUT2D eigenvalue weighted by molar-refractivity contribution is 7.89. The van der Waals surface area contributed by atoms with Crippen molar-refractivity contribution in [1.82, 2.24) is 4.31 Å². The quantitative estimate of drug-likeness (QED) is 0.853. The van der Waals surface area contributed by atoms with Gasteiger partial charge in [0.25, 0.3) is 0 Å². The molecule has 1 aromatic rings. The Kier molecular flexibility index (Phi) is 4.49. The lowest BCUT2D eigenvalue weighted by Gasteiger charge is -2.32. The largest absolute Gasteiger partial charge is 0.243 e. The molecule has 1 saturated carbocycles. The van der Waals surface area contributed by atoms with Crippen molar-refractivity contribution in [3.8, 4) is 0 Å². The zero-order chi connectivity index (χ0) is 14.9. The van der Waals surface area contributed by atoms with Crippen LogP contribution in [0.15, 0.2) is 23.1 Å². The van der Waals surface area contributed by atoms with Crippen molar-refractivity contribution in [2.75, 3.05) is 0 Å². The maximum Gasteiger partial charge on any atom is 0.243 e. The topological polar surface area (TPSA) is 37.4 Å². The number of rotatable bonds is 4. The average Bonchev–Trinajstić information content (AvgIpc) is 2.84. The summed E-state index contributed by atoms with van der Waals surface area (Å²) in [6, 6.07) is 3.88. The summed E-state index contributed by atoms with van der Waals surface area (Å²) >= 11 is 0. The molecule has 1 aromatic carbocycles. The Morgan fingerprint density at radius 2 is 1.85 bits per heavy atom. The van der Waals surface area contributed by atoms with Crippen molar-refractivity contribution >= 4 is 10.0 Å². The second-order valence-electron chi connectivity index (χ2n) is 5.78. The van der Waals surface area contributed by atoms with Gasteiger partial charge in [0, 0.05) is 12.1 Å². The fraction of sp³-hybridized carbons (Fsp3) is 0.600. The SMILES string of the molecule is Cc1ccc(F)cc1S(=O)(=O)N(C(C)C)C1CCCC1. The first-order chi connectivity index (χ1) is 9.34. The molecular weight excluding hydrogens is 277 g/mol. The molecule has 0 unspecified atom stereocenters. The van der Waals surface area contributed by atoms with E-state index >= 15 is 0 Å². The van der Waals surface area contributed by atoms with Crippen LogP contribution in [0.1, 0.15) is 45.1 Å². The molecule has 2 rings (SSSR count). The molecule has 0 aromatic heterocycles. The molecule has 112 valence electrons. The molecule has 0 radical (unpaired) electrons. The minimum atomic E-state index is -3.64. The molecule has 1 aliphatic rings. The van der Waals surface area contributed by atoms with Crippen LogP contribution in [0.25, 0.3) is 0 Å². The molecule has 5 heteroatoms. The third-order valence-electron chi connectivity index (χ3n) is 3.90. The number of hydrogen-bond donors (Lipinski definition) is 0. The Morgan fingerprint density at radius 3 is 2.40 bits per heavy atom. The lowest BCUT2D eigenvalue weighted by molar-refractivity contribution is 0.275. The zero-order valence-corrected chi connectivity index (χ0v) is 13.1. The lowest BCUT2D eigenvalue weighted by Crippen LogP contribution is -2.43. The standard InChI is InChI=1S/C15H22FNO2S/c1-11(2)17(14-6-4-5-7-14)20(18,19)15-10-13(16)9-8-12(15)3/h8-11,14H,4-7H2,1-3H3. The molecule has 1 aliphatic carbocycles. The number of halogens is 1. The van der Waals surface area contributed by atoms with Crippen molar-refractivity contribution in [2.24, 2.45) is 0 Å². The summed E-state index contributed by atoms with van der Waals surface area (Å²) in [6.07, 6.45) is 3.91. The van der Waals surface area contributed by atoms with Crippen LogP contribution in [-0.4, -0.2) is 24.8 Å². The van der Waals surface area contributed by atoms with E-state index in [9.17, 15) is 12.8 Å². The van der Waals surface area contributed by atoms with Crippen molar-refractivity contribution in [1.29, 1.82) is 0 Å². The first-order valence-electron chi connectivity index (χ1n) is 7.13. The van der Waals surface area contributed by atoms with Crippen molar-refractivity contribution in [3.05, 3.63) is 29.6 Å². The van der Waals surface area contributed by atoms with E-state index in [2.05, 4.69) is 0 Å². The third kappa shape index (κ3) is 2.88. The van der Waals surface area contributed by atoms with Crippen LogP contribution in [0.2, 0.25) is 0 Å². The summed E-state index contributed by atoms with van der Waals surface area (Å²) in [5.41, 5.74) is 0.593. The number of hydrogen-bond acceptors (Lipinski definition) is 2. The average molecular weight is 299 g/mol. The van der Waals surface area contributed by atoms with E-state index in [4.69, 9.17) is 0 Å². The van der Waals surface area contributed by atoms with Crippen molar-refractivity contribution < 1.29 is 12.8 Å². The predicted octanol–water partition coefficient (Wildman–Crippen LogP) is 3.48. The number of nitrogens with zero attached hydrogens (tertiary/aromatic N) is 1. The summed E-state index contributed by atoms with van der Waals surface area (Å²) in [6.45, 7) is 5.47. The Balaban J connectivity index is 2.47. The fourth-order valence-corrected chi connectivity index (χ4v) is 5.14. The second-order valence-corrected chi connectivity index (χ2v) is 7.59. The first kappa shape index (κ1) is 15.4. The van der Waals surface area contributed by atoms with Crippen LogP contribution in [0.4, 0.5) is 4.39 Å². The second kappa shape index (κ2) is 5.82. The van der Waals surface area contributed by atoms with Crippen molar-refractivity contribution in [3.63, 3.8) is 0 Å². The summed E-state index contributed by atoms with van der Waals surface area (Å²) < 4.78 is 40.8. The highest BCUT2D eigenvalue weighted by atomic mass is 32.2. The van der Waals surface area contributed by atoms with Gasteiger partial charge < -0.3 is 0 Å². The van der Waals surface area contributed by atoms with Gasteiger partial charge in [-0.1, -0.05) is 18.9 Å². The summed E-state index contributed by atoms with van der Waals surface area (Å²) in [4.78, 5) is 0.0955. The van der Waals surface area contributed by atoms with E-state index in [0.29, 0.717) is 5.56 Å². The van der Waals surface area contributed by atoms with Crippen LogP contribution in [0.3, 0.4) is 0 Å². The Labute approximate surface area is 120 Å². The molecule has 0 N–H and O–H groups in total. The van der Waals surface area contributed by atoms with Crippen LogP contribution in [-0.2, 0) is 10.0 Å². The Morgan fingerprint density at radius 1 is 1.25 bits per heavy atom. The van der Waals surface area contributed by atoms with Gasteiger partial charge in [-0.3, -0.25) is 0 Å². The summed E-state index contributed by atoms with van der Waals surface area (Å²) in [5.74, 6) is -0.510. The van der Waals surface area contributed by atoms with Crippen LogP contribution >= 0.6 is 0 Å². The molecule has 0 atom stereocenters. The predicted molar refractivity (Wildman–Crippen MR) is 77.6 cm³/mol. The van der Waals surface area contributed by atoms with Gasteiger partial charge in [0.2, 0.25) is 10.0 Å². The molecule has 1 fully saturated rings. The van der Waals surface area contributed by atoms with Gasteiger partial charge in [-0.2, -0.15) is 4.31 Å². The molecule has 0 saturated heterocycles. The minimum absolute atomic E-state index is 0.0441. The smallest absolute Gasteiger partial charge is 0.207 e. The molecule has 0 aliphatic heterocycles. The summed E-state index contributed by atoms with van der Waals surface area (Å²) in [7, 11) is -3.64. The highest BCUT2D eigenvalue weighted by Crippen LogP contribution is 2.31. The molecule has 0 heterocycles. The maximum atomic E-state index is 13.4. The summed E-state index contributed by atoms with van der Waals surface area (Å²) in [5, 5.41) is 0. The molecule has 20 heavy (non-hydrogen) atoms. The Hall–Kier alpha value is -0.940. The molecule has 3 nitrogen and oxygen atoms in total. The van der Waals surface area contributed by atoms with E-state index in [1.54, 1.807) is 11.2 Å². The van der Waals surface area contributed by atoms with Gasteiger partial charge in [0.15, 0.2) is 0 Å². The van der Waals surface area contributed by atoms with Crippen LogP contribution < -0.4 is 0 Å². The Bertz CT molecular complexity index is 578. The maximum absolute atomic E-state index is 13.4. The van der Waals surface area contributed by atoms with Gasteiger partial charge in [0.05, 0.1) is 4.90 Å². The van der Waals surface area contributed by atoms with E-state index in [0.717, 1.165) is 31.7 Å². The molecule has 0 spiro atoms. The van der Waals surface area contributed by atoms with E-state index in [-0.39, 0.29) is 17.0 Å². The normalized spacial score (nSPS) is 17.3.